The van der Waals surface area contributed by atoms with Crippen molar-refractivity contribution < 1.29 is 65.8 Å². The topological polar surface area (TPSA) is 116 Å². The minimum Gasteiger partial charge on any atom is -0.443 e. The molecular weight excluding hydrogens is 633 g/mol. The molecule has 5 amide bonds. The number of nitrogens with one attached hydrogen (secondary N) is 1. The van der Waals surface area contributed by atoms with E-state index in [1.54, 1.807) is 30.6 Å². The zero-order valence-corrected chi connectivity index (χ0v) is 25.0. The van der Waals surface area contributed by atoms with E-state index in [1.165, 1.54) is 0 Å². The maximum absolute atomic E-state index is 12.1. The zero-order valence-electron chi connectivity index (χ0n) is 20.1. The van der Waals surface area contributed by atoms with Crippen molar-refractivity contribution in [3.8, 4) is 0 Å². The van der Waals surface area contributed by atoms with Gasteiger partial charge in [0.1, 0.15) is 17.7 Å². The largest absolute Gasteiger partial charge is 0.443 e. The Bertz CT molecular complexity index is 749. The number of nitrogens with zero attached hydrogens (tertiary/aromatic N) is 3. The maximum atomic E-state index is 12.1. The van der Waals surface area contributed by atoms with Gasteiger partial charge in [0, 0.05) is 76.1 Å². The molecule has 0 spiro atoms. The van der Waals surface area contributed by atoms with Crippen molar-refractivity contribution in [3.63, 3.8) is 0 Å². The zero-order chi connectivity index (χ0) is 23.3. The van der Waals surface area contributed by atoms with Gasteiger partial charge in [-0.2, -0.15) is 0 Å². The van der Waals surface area contributed by atoms with E-state index in [0.717, 1.165) is 4.90 Å². The van der Waals surface area contributed by atoms with E-state index >= 15 is 0 Å². The molecule has 1 N–H and O–H groups in total. The molecule has 0 saturated carbocycles. The first-order valence-electron chi connectivity index (χ1n) is 10.3. The molecule has 0 aromatic heterocycles. The van der Waals surface area contributed by atoms with Gasteiger partial charge in [0.2, 0.25) is 17.7 Å². The Balaban J connectivity index is 0. The number of amides is 5. The van der Waals surface area contributed by atoms with E-state index in [9.17, 15) is 24.0 Å². The van der Waals surface area contributed by atoms with Crippen molar-refractivity contribution >= 4 is 52.3 Å². The van der Waals surface area contributed by atoms with Crippen LogP contribution in [0.3, 0.4) is 0 Å². The van der Waals surface area contributed by atoms with Crippen LogP contribution in [-0.2, 0) is 61.0 Å². The van der Waals surface area contributed by atoms with Crippen LogP contribution in [0, 0.1) is 12.4 Å². The number of fused-ring (bicyclic) bond motifs is 2. The molecule has 4 aliphatic rings. The van der Waals surface area contributed by atoms with Crippen LogP contribution in [0.5, 0.6) is 0 Å². The first-order valence-corrected chi connectivity index (χ1v) is 11.8. The minimum absolute atomic E-state index is 0. The van der Waals surface area contributed by atoms with Gasteiger partial charge in [0.25, 0.3) is 5.91 Å². The Kier molecular flexibility index (Phi) is 16.0. The molecule has 0 bridgehead atoms. The Hall–Kier alpha value is -0.751. The second-order valence-electron chi connectivity index (χ2n) is 8.54. The van der Waals surface area contributed by atoms with Gasteiger partial charge in [-0.05, 0) is 33.6 Å². The number of imide groups is 1. The molecule has 4 saturated heterocycles. The summed E-state index contributed by atoms with van der Waals surface area (Å²) >= 11 is 1.90. The minimum atomic E-state index is -0.625. The summed E-state index contributed by atoms with van der Waals surface area (Å²) in [6.45, 7) is 7.20. The molecule has 10 nitrogen and oxygen atoms in total. The molecule has 2 atom stereocenters. The first kappa shape index (κ1) is 35.4. The van der Waals surface area contributed by atoms with Gasteiger partial charge in [-0.15, -0.1) is 0 Å². The van der Waals surface area contributed by atoms with E-state index in [0.29, 0.717) is 45.3 Å². The van der Waals surface area contributed by atoms with Crippen molar-refractivity contribution in [1.82, 2.24) is 20.0 Å². The average Bonchev–Trinajstić information content (AvgIpc) is 3.28. The van der Waals surface area contributed by atoms with Crippen molar-refractivity contribution in [2.75, 3.05) is 26.2 Å². The summed E-state index contributed by atoms with van der Waals surface area (Å²) in [6.07, 6.45) is 1.50. The second kappa shape index (κ2) is 15.4. The molecule has 0 aromatic rings. The number of carbonyl (C=O) groups is 5. The number of ether oxygens (including phenoxy) is 1. The van der Waals surface area contributed by atoms with Crippen LogP contribution in [0.1, 0.15) is 46.5 Å². The molecule has 0 unspecified atom stereocenters. The summed E-state index contributed by atoms with van der Waals surface area (Å²) in [7, 11) is 0. The Morgan fingerprint density at radius 2 is 1.44 bits per heavy atom. The molecule has 0 aromatic carbocycles. The second-order valence-corrected chi connectivity index (χ2v) is 8.54. The number of hydrogen-bond acceptors (Lipinski definition) is 6. The number of rotatable bonds is 0. The van der Waals surface area contributed by atoms with E-state index in [-0.39, 0.29) is 80.8 Å². The third kappa shape index (κ3) is 8.72. The van der Waals surface area contributed by atoms with Crippen LogP contribution in [0.2, 0.25) is 0 Å². The Morgan fingerprint density at radius 3 is 1.94 bits per heavy atom. The van der Waals surface area contributed by atoms with Gasteiger partial charge in [-0.3, -0.25) is 24.1 Å². The standard InChI is InChI=1S/C12H18N2O4.C7H10N2O2.CH2I.CH3.2V/c1-12(2,3)18-11(17)14-7-6-13-8(10(14)16)4-5-9(13)15;10-6-2-1-5-7(11)8-3-4-9(5)6;1-2;;;/h8H,4-7H2,1-3H3;5H,1-4H2,(H,8,11);1H2;1H3;;/q;;2*-1;;/t8-;5-;;;;/m00..../s1. The van der Waals surface area contributed by atoms with Crippen LogP contribution in [0.15, 0.2) is 0 Å². The summed E-state index contributed by atoms with van der Waals surface area (Å²) in [4.78, 5) is 65.3. The molecule has 192 valence electrons. The van der Waals surface area contributed by atoms with Crippen molar-refractivity contribution in [2.24, 2.45) is 0 Å². The third-order valence-electron chi connectivity index (χ3n) is 5.34. The summed E-state index contributed by atoms with van der Waals surface area (Å²) in [5.41, 5.74) is -0.625. The Morgan fingerprint density at radius 1 is 0.941 bits per heavy atom. The normalized spacial score (nSPS) is 22.8. The molecule has 34 heavy (non-hydrogen) atoms. The van der Waals surface area contributed by atoms with Crippen LogP contribution >= 0.6 is 22.6 Å². The first-order chi connectivity index (χ1) is 14.6. The van der Waals surface area contributed by atoms with Gasteiger partial charge in [-0.25, -0.2) is 9.69 Å². The van der Waals surface area contributed by atoms with E-state index in [4.69, 9.17) is 4.74 Å². The van der Waals surface area contributed by atoms with Gasteiger partial charge >= 0.3 is 6.09 Å². The number of halogens is 1. The molecule has 4 heterocycles. The van der Waals surface area contributed by atoms with Gasteiger partial charge < -0.3 is 49.9 Å². The van der Waals surface area contributed by atoms with Crippen LogP contribution < -0.4 is 5.32 Å². The van der Waals surface area contributed by atoms with E-state index in [2.05, 4.69) is 10.2 Å². The molecule has 2 radical (unpaired) electrons. The van der Waals surface area contributed by atoms with Crippen LogP contribution in [-0.4, -0.2) is 88.3 Å². The van der Waals surface area contributed by atoms with Crippen LogP contribution in [0.4, 0.5) is 4.79 Å². The SMILES string of the molecule is CC(C)(C)OC(=O)N1CCN2C(=O)CC[C@H]2C1=O.O=C1NCCN2C(=O)CC[C@@H]12.[CH2-]I.[CH3-].[V].[V]. The van der Waals surface area contributed by atoms with Crippen molar-refractivity contribution in [2.45, 2.75) is 64.1 Å². The summed E-state index contributed by atoms with van der Waals surface area (Å²) in [5, 5.41) is 2.74. The third-order valence-corrected chi connectivity index (χ3v) is 5.34. The predicted octanol–water partition coefficient (Wildman–Crippen LogP) is 1.52. The number of piperazine rings is 2. The Labute approximate surface area is 239 Å². The smallest absolute Gasteiger partial charge is 0.417 e. The van der Waals surface area contributed by atoms with Gasteiger partial charge in [0.15, 0.2) is 0 Å². The van der Waals surface area contributed by atoms with Gasteiger partial charge in [0.05, 0.1) is 0 Å². The van der Waals surface area contributed by atoms with Crippen molar-refractivity contribution in [1.29, 1.82) is 0 Å². The van der Waals surface area contributed by atoms with Crippen LogP contribution in [0.25, 0.3) is 0 Å². The average molecular weight is 666 g/mol. The fourth-order valence-electron chi connectivity index (χ4n) is 3.97. The fraction of sp³-hybridized carbons (Fsp3) is 0.667. The maximum Gasteiger partial charge on any atom is 0.417 e. The summed E-state index contributed by atoms with van der Waals surface area (Å²) in [6, 6.07) is -0.630. The number of hydrogen-bond donors (Lipinski definition) is 1. The monoisotopic (exact) mass is 666 g/mol. The molecule has 4 fully saturated rings. The molecule has 4 rings (SSSR count). The van der Waals surface area contributed by atoms with Crippen molar-refractivity contribution in [3.05, 3.63) is 12.4 Å². The van der Waals surface area contributed by atoms with E-state index in [1.807, 2.05) is 22.6 Å². The molecule has 0 aliphatic carbocycles. The molecule has 13 heteroatoms. The quantitative estimate of drug-likeness (QED) is 0.310. The summed E-state index contributed by atoms with van der Waals surface area (Å²) < 4.78 is 5.19. The van der Waals surface area contributed by atoms with E-state index < -0.39 is 17.7 Å². The summed E-state index contributed by atoms with van der Waals surface area (Å²) in [5.74, 6) is -0.175. The molecular formula is C21H33IN4O6V2-2. The van der Waals surface area contributed by atoms with Gasteiger partial charge in [-0.1, -0.05) is 0 Å². The molecule has 4 aliphatic heterocycles. The fourth-order valence-corrected chi connectivity index (χ4v) is 3.97. The predicted molar refractivity (Wildman–Crippen MR) is 126 cm³/mol. The number of carbonyl (C=O) groups excluding carboxylic acids is 5.